The van der Waals surface area contributed by atoms with Gasteiger partial charge in [0, 0.05) is 17.4 Å². The zero-order valence-corrected chi connectivity index (χ0v) is 21.1. The minimum atomic E-state index is -2.75. The number of hydrogen-bond donors (Lipinski definition) is 6. The number of aromatic hydroxyl groups is 1. The van der Waals surface area contributed by atoms with Gasteiger partial charge in [-0.15, -0.1) is 0 Å². The third-order valence-corrected chi connectivity index (χ3v) is 7.52. The highest BCUT2D eigenvalue weighted by molar-refractivity contribution is 6.24. The molecule has 10 heteroatoms. The summed E-state index contributed by atoms with van der Waals surface area (Å²) in [7, 11) is 3.01. The molecule has 1 aromatic rings. The number of amides is 1. The van der Waals surface area contributed by atoms with Crippen molar-refractivity contribution >= 4 is 23.2 Å². The summed E-state index contributed by atoms with van der Waals surface area (Å²) in [5.41, 5.74) is -0.548. The number of benzene rings is 1. The van der Waals surface area contributed by atoms with Crippen molar-refractivity contribution in [3.8, 4) is 5.75 Å². The van der Waals surface area contributed by atoms with Gasteiger partial charge < -0.3 is 31.3 Å². The first-order valence-corrected chi connectivity index (χ1v) is 11.9. The van der Waals surface area contributed by atoms with Crippen LogP contribution in [0.1, 0.15) is 51.2 Å². The van der Waals surface area contributed by atoms with Gasteiger partial charge >= 0.3 is 0 Å². The molecule has 1 fully saturated rings. The highest BCUT2D eigenvalue weighted by Crippen LogP contribution is 2.57. The van der Waals surface area contributed by atoms with Crippen LogP contribution in [0, 0.1) is 11.8 Å². The monoisotopic (exact) mass is 502 g/mol. The Hall–Kier alpha value is -3.21. The fourth-order valence-corrected chi connectivity index (χ4v) is 5.50. The first-order chi connectivity index (χ1) is 16.7. The van der Waals surface area contributed by atoms with Gasteiger partial charge in [-0.05, 0) is 39.1 Å². The van der Waals surface area contributed by atoms with Crippen LogP contribution in [0.4, 0.5) is 0 Å². The van der Waals surface area contributed by atoms with E-state index in [0.717, 1.165) is 0 Å². The number of rotatable bonds is 3. The van der Waals surface area contributed by atoms with Gasteiger partial charge in [-0.25, -0.2) is 0 Å². The molecule has 1 amide bonds. The van der Waals surface area contributed by atoms with Gasteiger partial charge in [-0.1, -0.05) is 38.8 Å². The average Bonchev–Trinajstić information content (AvgIpc) is 2.79. The quantitative estimate of drug-likeness (QED) is 0.333. The number of nitrogens with two attached hydrogens (primary N) is 1. The average molecular weight is 503 g/mol. The Morgan fingerprint density at radius 1 is 1.11 bits per heavy atom. The number of phenolic OH excluding ortho intramolecular Hbond substituents is 1. The predicted molar refractivity (Wildman–Crippen MR) is 131 cm³/mol. The molecule has 196 valence electrons. The molecule has 36 heavy (non-hydrogen) atoms. The number of aliphatic hydroxyl groups excluding tert-OH is 2. The molecule has 0 radical (unpaired) electrons. The standard InChI is InChI=1S/C22H24N2O8.C4H10/c1-21(31)8-5-4-6-11(25)12(8)16(26)13-9(21)7-10-15(24(2)3)17(27)14(20(23)30)19(29)22(10,32)18(13)28;1-3-4-2/h4-6,9-10,15,25-26,29,31-32H,7H2,1-3H3,(H2,23,30);3-4H2,1-2H3/t9-,10-,15-,21+,22-;/m0./s1. The van der Waals surface area contributed by atoms with Crippen molar-refractivity contribution in [3.63, 3.8) is 0 Å². The lowest BCUT2D eigenvalue weighted by Gasteiger charge is -2.53. The van der Waals surface area contributed by atoms with E-state index in [1.54, 1.807) is 0 Å². The van der Waals surface area contributed by atoms with Gasteiger partial charge in [-0.3, -0.25) is 19.3 Å². The van der Waals surface area contributed by atoms with E-state index in [9.17, 15) is 39.9 Å². The van der Waals surface area contributed by atoms with E-state index in [-0.39, 0.29) is 17.5 Å². The number of Topliss-reactive ketones (excluding diaryl/α,β-unsaturated/α-hetero) is 2. The van der Waals surface area contributed by atoms with Gasteiger partial charge in [0.1, 0.15) is 22.8 Å². The molecule has 0 heterocycles. The van der Waals surface area contributed by atoms with Crippen molar-refractivity contribution in [2.24, 2.45) is 17.6 Å². The second-order valence-electron chi connectivity index (χ2n) is 9.96. The number of carbonyl (C=O) groups excluding carboxylic acids is 3. The van der Waals surface area contributed by atoms with Gasteiger partial charge in [0.2, 0.25) is 5.78 Å². The van der Waals surface area contributed by atoms with Crippen LogP contribution in [0.15, 0.2) is 35.1 Å². The fraction of sp³-hybridized carbons (Fsp3) is 0.500. The van der Waals surface area contributed by atoms with Crippen LogP contribution < -0.4 is 5.73 Å². The van der Waals surface area contributed by atoms with Crippen LogP contribution in [-0.2, 0) is 20.0 Å². The number of nitrogens with zero attached hydrogens (tertiary/aromatic N) is 1. The maximum absolute atomic E-state index is 13.7. The van der Waals surface area contributed by atoms with Gasteiger partial charge in [-0.2, -0.15) is 0 Å². The number of carbonyl (C=O) groups is 3. The van der Waals surface area contributed by atoms with Crippen molar-refractivity contribution in [1.29, 1.82) is 0 Å². The Morgan fingerprint density at radius 3 is 2.19 bits per heavy atom. The third-order valence-electron chi connectivity index (χ3n) is 7.52. The summed E-state index contributed by atoms with van der Waals surface area (Å²) in [6, 6.07) is 3.02. The summed E-state index contributed by atoms with van der Waals surface area (Å²) in [5.74, 6) is -7.90. The van der Waals surface area contributed by atoms with Crippen LogP contribution in [0.25, 0.3) is 5.76 Å². The zero-order chi connectivity index (χ0) is 27.3. The van der Waals surface area contributed by atoms with Crippen molar-refractivity contribution in [2.75, 3.05) is 14.1 Å². The number of fused-ring (bicyclic) bond motifs is 3. The molecule has 3 aliphatic carbocycles. The lowest BCUT2D eigenvalue weighted by atomic mass is 9.54. The molecule has 0 aliphatic heterocycles. The summed E-state index contributed by atoms with van der Waals surface area (Å²) in [6.45, 7) is 5.76. The molecular formula is C26H34N2O8. The van der Waals surface area contributed by atoms with Crippen LogP contribution in [0.2, 0.25) is 0 Å². The van der Waals surface area contributed by atoms with E-state index in [1.165, 1.54) is 57.0 Å². The smallest absolute Gasteiger partial charge is 0.255 e. The molecule has 0 saturated heterocycles. The van der Waals surface area contributed by atoms with E-state index in [1.807, 2.05) is 0 Å². The van der Waals surface area contributed by atoms with Gasteiger partial charge in [0.15, 0.2) is 11.4 Å². The lowest BCUT2D eigenvalue weighted by Crippen LogP contribution is -2.67. The van der Waals surface area contributed by atoms with E-state index >= 15 is 0 Å². The molecule has 1 saturated carbocycles. The highest BCUT2D eigenvalue weighted by Gasteiger charge is 2.66. The number of phenols is 1. The molecule has 5 atom stereocenters. The van der Waals surface area contributed by atoms with E-state index < -0.39 is 75.0 Å². The minimum Gasteiger partial charge on any atom is -0.508 e. The van der Waals surface area contributed by atoms with Crippen LogP contribution >= 0.6 is 0 Å². The molecule has 3 aliphatic rings. The molecule has 0 spiro atoms. The number of hydrogen-bond acceptors (Lipinski definition) is 9. The van der Waals surface area contributed by atoms with E-state index in [0.29, 0.717) is 0 Å². The van der Waals surface area contributed by atoms with Crippen molar-refractivity contribution in [1.82, 2.24) is 4.90 Å². The van der Waals surface area contributed by atoms with Crippen LogP contribution in [0.3, 0.4) is 0 Å². The summed E-state index contributed by atoms with van der Waals surface area (Å²) in [5, 5.41) is 54.9. The van der Waals surface area contributed by atoms with Gasteiger partial charge in [0.05, 0.1) is 17.2 Å². The molecular weight excluding hydrogens is 468 g/mol. The maximum atomic E-state index is 13.7. The molecule has 0 aromatic heterocycles. The molecule has 1 aromatic carbocycles. The number of ketones is 2. The van der Waals surface area contributed by atoms with E-state index in [4.69, 9.17) is 5.73 Å². The van der Waals surface area contributed by atoms with Crippen molar-refractivity contribution in [3.05, 3.63) is 46.2 Å². The minimum absolute atomic E-state index is 0.170. The van der Waals surface area contributed by atoms with Crippen molar-refractivity contribution < 1.29 is 39.9 Å². The Balaban J connectivity index is 0.000000840. The number of primary amides is 1. The number of aliphatic hydroxyl groups is 4. The topological polar surface area (TPSA) is 182 Å². The Kier molecular flexibility index (Phi) is 7.11. The second-order valence-corrected chi connectivity index (χ2v) is 9.96. The van der Waals surface area contributed by atoms with Gasteiger partial charge in [0.25, 0.3) is 5.91 Å². The molecule has 10 nitrogen and oxygen atoms in total. The molecule has 0 unspecified atom stereocenters. The van der Waals surface area contributed by atoms with Crippen molar-refractivity contribution in [2.45, 2.75) is 57.3 Å². The lowest BCUT2D eigenvalue weighted by molar-refractivity contribution is -0.159. The molecule has 0 bridgehead atoms. The SMILES string of the molecule is CCCC.CN(C)[C@@H]1C(=O)C(C(N)=O)=C(O)[C@@]2(O)C(=O)C3=C(O)c4c(O)cccc4[C@@](C)(O)[C@H]3C[C@@H]12. The summed E-state index contributed by atoms with van der Waals surface area (Å²) in [6.07, 6.45) is 2.44. The fourth-order valence-electron chi connectivity index (χ4n) is 5.50. The predicted octanol–water partition coefficient (Wildman–Crippen LogP) is 1.44. The normalized spacial score (nSPS) is 31.4. The van der Waals surface area contributed by atoms with Crippen LogP contribution in [0.5, 0.6) is 5.75 Å². The largest absolute Gasteiger partial charge is 0.508 e. The first kappa shape index (κ1) is 27.4. The third kappa shape index (κ3) is 3.71. The first-order valence-electron chi connectivity index (χ1n) is 11.9. The maximum Gasteiger partial charge on any atom is 0.255 e. The zero-order valence-electron chi connectivity index (χ0n) is 21.1. The number of unbranched alkanes of at least 4 members (excludes halogenated alkanes) is 1. The molecule has 7 N–H and O–H groups in total. The van der Waals surface area contributed by atoms with Crippen LogP contribution in [-0.4, -0.2) is 73.6 Å². The molecule has 4 rings (SSSR count). The second kappa shape index (κ2) is 9.34. The summed E-state index contributed by atoms with van der Waals surface area (Å²) >= 11 is 0. The van der Waals surface area contributed by atoms with E-state index in [2.05, 4.69) is 13.8 Å². The number of likely N-dealkylation sites (N-methyl/N-ethyl adjacent to an activating group) is 1. The summed E-state index contributed by atoms with van der Waals surface area (Å²) < 4.78 is 0. The Morgan fingerprint density at radius 2 is 1.69 bits per heavy atom. The Bertz CT molecular complexity index is 1180. The Labute approximate surface area is 209 Å². The summed E-state index contributed by atoms with van der Waals surface area (Å²) in [4.78, 5) is 40.0. The highest BCUT2D eigenvalue weighted by atomic mass is 16.3.